The number of nitrogens with one attached hydrogen (secondary N) is 2. The van der Waals surface area contributed by atoms with Crippen LogP contribution in [-0.2, 0) is 16.6 Å². The summed E-state index contributed by atoms with van der Waals surface area (Å²) in [4.78, 5) is 28.8. The molecule has 8 nitrogen and oxygen atoms in total. The molecular weight excluding hydrogens is 516 g/mol. The van der Waals surface area contributed by atoms with Crippen LogP contribution in [-0.4, -0.2) is 30.1 Å². The average molecular weight is 532 g/mol. The van der Waals surface area contributed by atoms with E-state index in [0.717, 1.165) is 24.5 Å². The van der Waals surface area contributed by atoms with Gasteiger partial charge in [0, 0.05) is 22.7 Å². The first-order chi connectivity index (χ1) is 17.0. The smallest absolute Gasteiger partial charge is 0.282 e. The Morgan fingerprint density at radius 3 is 2.69 bits per heavy atom. The summed E-state index contributed by atoms with van der Waals surface area (Å²) in [6, 6.07) is 9.03. The number of benzene rings is 2. The molecule has 5 aromatic rings. The van der Waals surface area contributed by atoms with Crippen molar-refractivity contribution in [3.8, 4) is 11.1 Å². The van der Waals surface area contributed by atoms with Crippen molar-refractivity contribution in [3.05, 3.63) is 93.2 Å². The minimum Gasteiger partial charge on any atom is -0.462 e. The summed E-state index contributed by atoms with van der Waals surface area (Å²) in [6.45, 7) is -0.364. The number of carbonyl (C=O) groups is 1. The number of rotatable bonds is 5. The average Bonchev–Trinajstić information content (AvgIpc) is 3.33. The standard InChI is InChI=1S/C24H16ClF2N3O5S/c1-36(33,34)29-24(32)21-19(15-3-2-8-28-23(15)31)20-18(7-5-14-16(25)11-35-22(14)20)30(21)10-12-9-13(26)4-6-17(12)27/h2-9,11H,10H2,1H3,(H,28,31)(H,29,32). The first kappa shape index (κ1) is 23.8. The number of halogens is 3. The Labute approximate surface area is 207 Å². The highest BCUT2D eigenvalue weighted by atomic mass is 35.5. The molecule has 0 fully saturated rings. The summed E-state index contributed by atoms with van der Waals surface area (Å²) in [5.41, 5.74) is -0.350. The lowest BCUT2D eigenvalue weighted by Gasteiger charge is -2.13. The van der Waals surface area contributed by atoms with Crippen LogP contribution in [0.5, 0.6) is 0 Å². The summed E-state index contributed by atoms with van der Waals surface area (Å²) in [6.07, 6.45) is 3.47. The van der Waals surface area contributed by atoms with Crippen LogP contribution in [0.2, 0.25) is 5.02 Å². The number of H-pyrrole nitrogens is 1. The zero-order valence-electron chi connectivity index (χ0n) is 18.4. The second-order valence-electron chi connectivity index (χ2n) is 8.08. The topological polar surface area (TPSA) is 114 Å². The van der Waals surface area contributed by atoms with Crippen LogP contribution in [0.15, 0.2) is 64.1 Å². The van der Waals surface area contributed by atoms with Crippen LogP contribution >= 0.6 is 11.6 Å². The van der Waals surface area contributed by atoms with Gasteiger partial charge in [-0.3, -0.25) is 9.59 Å². The number of sulfonamides is 1. The fraction of sp³-hybridized carbons (Fsp3) is 0.0833. The number of hydrogen-bond donors (Lipinski definition) is 2. The molecule has 5 rings (SSSR count). The molecule has 36 heavy (non-hydrogen) atoms. The minimum absolute atomic E-state index is 0.0274. The van der Waals surface area contributed by atoms with Gasteiger partial charge in [-0.25, -0.2) is 21.9 Å². The fourth-order valence-electron chi connectivity index (χ4n) is 4.23. The van der Waals surface area contributed by atoms with Gasteiger partial charge in [-0.15, -0.1) is 0 Å². The molecular formula is C24H16ClF2N3O5S. The molecule has 0 radical (unpaired) electrons. The summed E-state index contributed by atoms with van der Waals surface area (Å²) >= 11 is 6.25. The number of aromatic amines is 1. The molecule has 2 aromatic carbocycles. The maximum Gasteiger partial charge on any atom is 0.282 e. The van der Waals surface area contributed by atoms with Gasteiger partial charge in [-0.05, 0) is 42.5 Å². The zero-order chi connectivity index (χ0) is 25.8. The summed E-state index contributed by atoms with van der Waals surface area (Å²) in [5.74, 6) is -2.52. The highest BCUT2D eigenvalue weighted by molar-refractivity contribution is 7.89. The first-order valence-electron chi connectivity index (χ1n) is 10.4. The molecule has 0 atom stereocenters. The highest BCUT2D eigenvalue weighted by Crippen LogP contribution is 2.41. The molecule has 1 amide bonds. The van der Waals surface area contributed by atoms with Gasteiger partial charge in [0.25, 0.3) is 11.5 Å². The normalized spacial score (nSPS) is 11.9. The number of furan rings is 1. The van der Waals surface area contributed by atoms with Crippen molar-refractivity contribution >= 4 is 49.4 Å². The number of aromatic nitrogens is 2. The Bertz CT molecular complexity index is 1860. The molecule has 0 spiro atoms. The predicted octanol–water partition coefficient (Wildman–Crippen LogP) is 4.41. The van der Waals surface area contributed by atoms with E-state index in [2.05, 4.69) is 4.98 Å². The van der Waals surface area contributed by atoms with Gasteiger partial charge in [-0.1, -0.05) is 11.6 Å². The largest absolute Gasteiger partial charge is 0.462 e. The van der Waals surface area contributed by atoms with Crippen molar-refractivity contribution in [2.75, 3.05) is 6.26 Å². The second-order valence-corrected chi connectivity index (χ2v) is 10.2. The van der Waals surface area contributed by atoms with Crippen LogP contribution in [0.25, 0.3) is 33.0 Å². The van der Waals surface area contributed by atoms with Crippen molar-refractivity contribution in [2.45, 2.75) is 6.54 Å². The third-order valence-electron chi connectivity index (χ3n) is 5.64. The predicted molar refractivity (Wildman–Crippen MR) is 131 cm³/mol. The Kier molecular flexibility index (Phi) is 5.68. The van der Waals surface area contributed by atoms with E-state index in [-0.39, 0.29) is 44.9 Å². The zero-order valence-corrected chi connectivity index (χ0v) is 20.0. The van der Waals surface area contributed by atoms with Gasteiger partial charge in [0.1, 0.15) is 29.2 Å². The molecule has 0 saturated carbocycles. The van der Waals surface area contributed by atoms with E-state index in [1.807, 2.05) is 4.72 Å². The molecule has 3 heterocycles. The second kappa shape index (κ2) is 8.61. The van der Waals surface area contributed by atoms with Gasteiger partial charge >= 0.3 is 0 Å². The quantitative estimate of drug-likeness (QED) is 0.349. The maximum atomic E-state index is 14.6. The Balaban J connectivity index is 1.95. The highest BCUT2D eigenvalue weighted by Gasteiger charge is 2.30. The van der Waals surface area contributed by atoms with Gasteiger partial charge in [0.05, 0.1) is 34.3 Å². The minimum atomic E-state index is -4.04. The lowest BCUT2D eigenvalue weighted by molar-refractivity contribution is 0.0974. The maximum absolute atomic E-state index is 14.6. The molecule has 2 N–H and O–H groups in total. The molecule has 0 aliphatic carbocycles. The van der Waals surface area contributed by atoms with E-state index in [1.54, 1.807) is 12.1 Å². The van der Waals surface area contributed by atoms with Gasteiger partial charge < -0.3 is 14.0 Å². The third kappa shape index (κ3) is 4.06. The fourth-order valence-corrected chi connectivity index (χ4v) is 4.86. The van der Waals surface area contributed by atoms with E-state index < -0.39 is 33.1 Å². The molecule has 0 aliphatic rings. The molecule has 3 aromatic heterocycles. The Morgan fingerprint density at radius 1 is 1.19 bits per heavy atom. The number of carbonyl (C=O) groups excluding carboxylic acids is 1. The van der Waals surface area contributed by atoms with E-state index in [4.69, 9.17) is 16.0 Å². The monoisotopic (exact) mass is 531 g/mol. The van der Waals surface area contributed by atoms with Crippen molar-refractivity contribution < 1.29 is 26.4 Å². The first-order valence-corrected chi connectivity index (χ1v) is 12.7. The van der Waals surface area contributed by atoms with Gasteiger partial charge in [0.2, 0.25) is 10.0 Å². The molecule has 0 saturated heterocycles. The summed E-state index contributed by atoms with van der Waals surface area (Å²) in [7, 11) is -4.04. The van der Waals surface area contributed by atoms with Crippen molar-refractivity contribution in [1.82, 2.24) is 14.3 Å². The van der Waals surface area contributed by atoms with E-state index >= 15 is 0 Å². The van der Waals surface area contributed by atoms with E-state index in [9.17, 15) is 26.8 Å². The third-order valence-corrected chi connectivity index (χ3v) is 6.49. The number of fused-ring (bicyclic) bond motifs is 3. The van der Waals surface area contributed by atoms with Crippen molar-refractivity contribution in [3.63, 3.8) is 0 Å². The van der Waals surface area contributed by atoms with Crippen LogP contribution in [0.3, 0.4) is 0 Å². The van der Waals surface area contributed by atoms with Crippen LogP contribution in [0.4, 0.5) is 8.78 Å². The number of amides is 1. The van der Waals surface area contributed by atoms with Crippen LogP contribution < -0.4 is 10.3 Å². The number of hydrogen-bond acceptors (Lipinski definition) is 5. The number of nitrogens with zero attached hydrogens (tertiary/aromatic N) is 1. The van der Waals surface area contributed by atoms with Crippen LogP contribution in [0, 0.1) is 11.6 Å². The van der Waals surface area contributed by atoms with Crippen molar-refractivity contribution in [2.24, 2.45) is 0 Å². The SMILES string of the molecule is CS(=O)(=O)NC(=O)c1c(-c2ccc[nH]c2=O)c2c3occ(Cl)c3ccc2n1Cc1cc(F)ccc1F. The molecule has 12 heteroatoms. The van der Waals surface area contributed by atoms with Gasteiger partial charge in [0.15, 0.2) is 0 Å². The Hall–Kier alpha value is -3.96. The number of pyridine rings is 1. The Morgan fingerprint density at radius 2 is 1.97 bits per heavy atom. The lowest BCUT2D eigenvalue weighted by Crippen LogP contribution is -2.32. The molecule has 0 aliphatic heterocycles. The van der Waals surface area contributed by atoms with Gasteiger partial charge in [-0.2, -0.15) is 0 Å². The molecule has 0 unspecified atom stereocenters. The summed E-state index contributed by atoms with van der Waals surface area (Å²) in [5, 5.41) is 1.01. The molecule has 0 bridgehead atoms. The van der Waals surface area contributed by atoms with E-state index in [0.29, 0.717) is 10.9 Å². The van der Waals surface area contributed by atoms with Crippen LogP contribution in [0.1, 0.15) is 16.1 Å². The van der Waals surface area contributed by atoms with E-state index in [1.165, 1.54) is 29.2 Å². The lowest BCUT2D eigenvalue weighted by atomic mass is 10.0. The summed E-state index contributed by atoms with van der Waals surface area (Å²) < 4.78 is 61.4. The van der Waals surface area contributed by atoms with Crippen molar-refractivity contribution in [1.29, 1.82) is 0 Å². The molecule has 184 valence electrons.